The maximum Gasteiger partial charge on any atom is 0.159 e. The van der Waals surface area contributed by atoms with Gasteiger partial charge in [0.05, 0.1) is 45.4 Å². The van der Waals surface area contributed by atoms with Crippen molar-refractivity contribution in [3.8, 4) is 22.3 Å². The summed E-state index contributed by atoms with van der Waals surface area (Å²) in [5.74, 6) is 0. The monoisotopic (exact) mass is 656 g/mol. The Labute approximate surface area is 323 Å². The molecule has 0 radical (unpaired) electrons. The molecule has 0 atom stereocenters. The fraction of sp³-hybridized carbons (Fsp3) is 0. The summed E-state index contributed by atoms with van der Waals surface area (Å²) in [6, 6.07) is -28.4. The molecule has 0 spiro atoms. The van der Waals surface area contributed by atoms with Gasteiger partial charge in [-0.05, 0) is 69.8 Å². The van der Waals surface area contributed by atoms with Gasteiger partial charge in [0.25, 0.3) is 0 Å². The molecule has 0 aliphatic carbocycles. The molecule has 49 heavy (non-hydrogen) atoms. The summed E-state index contributed by atoms with van der Waals surface area (Å²) in [6.07, 6.45) is 0. The van der Waals surface area contributed by atoms with Gasteiger partial charge in [0.2, 0.25) is 0 Å². The van der Waals surface area contributed by atoms with Gasteiger partial charge in [-0.2, -0.15) is 0 Å². The van der Waals surface area contributed by atoms with E-state index in [4.69, 9.17) is 33.5 Å². The van der Waals surface area contributed by atoms with Crippen molar-refractivity contribution in [1.29, 1.82) is 0 Å². The fourth-order valence-corrected chi connectivity index (χ4v) is 5.50. The zero-order valence-corrected chi connectivity index (χ0v) is 24.3. The second-order valence-electron chi connectivity index (χ2n) is 10.3. The van der Waals surface area contributed by atoms with Gasteiger partial charge in [-0.3, -0.25) is 0 Å². The molecular formula is C46H29NO2. The van der Waals surface area contributed by atoms with Crippen molar-refractivity contribution >= 4 is 71.7 Å². The third-order valence-electron chi connectivity index (χ3n) is 7.56. The number of hydrogen-bond acceptors (Lipinski definition) is 3. The summed E-state index contributed by atoms with van der Waals surface area (Å²) in [5.41, 5.74) is -9.13. The Balaban J connectivity index is 1.50. The molecule has 230 valence electrons. The van der Waals surface area contributed by atoms with Crippen LogP contribution in [0.2, 0.25) is 0 Å². The normalized spacial score (nSPS) is 20.0. The summed E-state index contributed by atoms with van der Waals surface area (Å²) in [4.78, 5) is 0.435. The molecule has 8 aromatic carbocycles. The average Bonchev–Trinajstić information content (AvgIpc) is 4.05. The van der Waals surface area contributed by atoms with Crippen LogP contribution in [0.5, 0.6) is 0 Å². The van der Waals surface area contributed by atoms with Crippen LogP contribution in [0.25, 0.3) is 76.9 Å². The second kappa shape index (κ2) is 11.0. The number of fused-ring (bicyclic) bond motifs is 7. The molecule has 3 heteroatoms. The second-order valence-corrected chi connectivity index (χ2v) is 10.3. The molecule has 0 saturated carbocycles. The third-order valence-corrected chi connectivity index (χ3v) is 7.56. The molecule has 0 saturated heterocycles. The maximum absolute atomic E-state index is 9.69. The number of nitrogens with zero attached hydrogens (tertiary/aromatic N) is 1. The van der Waals surface area contributed by atoms with E-state index >= 15 is 0 Å². The first-order valence-electron chi connectivity index (χ1n) is 28.7. The number of benzene rings is 8. The molecule has 0 N–H and O–H groups in total. The van der Waals surface area contributed by atoms with Crippen LogP contribution >= 0.6 is 0 Å². The van der Waals surface area contributed by atoms with Gasteiger partial charge in [-0.25, -0.2) is 0 Å². The molecule has 10 aromatic rings. The maximum atomic E-state index is 9.69. The smallest absolute Gasteiger partial charge is 0.159 e. The van der Waals surface area contributed by atoms with Gasteiger partial charge in [-0.15, -0.1) is 0 Å². The van der Waals surface area contributed by atoms with E-state index in [9.17, 15) is 15.1 Å². The van der Waals surface area contributed by atoms with Crippen molar-refractivity contribution in [2.45, 2.75) is 0 Å². The lowest BCUT2D eigenvalue weighted by atomic mass is 9.96. The van der Waals surface area contributed by atoms with E-state index in [0.29, 0.717) is 4.90 Å². The predicted molar refractivity (Wildman–Crippen MR) is 204 cm³/mol. The van der Waals surface area contributed by atoms with Crippen LogP contribution in [0.3, 0.4) is 0 Å². The highest BCUT2D eigenvalue weighted by Gasteiger charge is 2.24. The minimum absolute atomic E-state index is 0.435. The van der Waals surface area contributed by atoms with Crippen molar-refractivity contribution in [3.63, 3.8) is 0 Å². The molecule has 0 amide bonds. The van der Waals surface area contributed by atoms with Crippen LogP contribution in [0.15, 0.2) is 184 Å². The average molecular weight is 657 g/mol. The van der Waals surface area contributed by atoms with Gasteiger partial charge in [0, 0.05) is 38.5 Å². The Hall–Kier alpha value is -6.58. The van der Waals surface area contributed by atoms with Crippen LogP contribution in [0.4, 0.5) is 17.1 Å². The molecule has 2 aromatic heterocycles. The zero-order chi connectivity index (χ0) is 57.5. The van der Waals surface area contributed by atoms with E-state index in [-0.39, 0.29) is 0 Å². The van der Waals surface area contributed by atoms with Crippen LogP contribution in [0.1, 0.15) is 39.8 Å². The minimum atomic E-state index is -1.23. The summed E-state index contributed by atoms with van der Waals surface area (Å²) < 4.78 is 272. The highest BCUT2D eigenvalue weighted by molar-refractivity contribution is 6.24. The lowest BCUT2D eigenvalue weighted by molar-refractivity contribution is 0.665. The highest BCUT2D eigenvalue weighted by Crippen LogP contribution is 2.48. The quantitative estimate of drug-likeness (QED) is 0.185. The number of furan rings is 2. The van der Waals surface area contributed by atoms with E-state index in [1.165, 1.54) is 0 Å². The topological polar surface area (TPSA) is 29.5 Å². The number of para-hydroxylation sites is 2. The van der Waals surface area contributed by atoms with Crippen LogP contribution in [-0.2, 0) is 0 Å². The molecule has 0 unspecified atom stereocenters. The van der Waals surface area contributed by atoms with Crippen molar-refractivity contribution in [3.05, 3.63) is 175 Å². The van der Waals surface area contributed by atoms with Crippen molar-refractivity contribution in [2.24, 2.45) is 0 Å². The molecule has 10 rings (SSSR count). The van der Waals surface area contributed by atoms with Crippen LogP contribution in [0, 0.1) is 0 Å². The molecule has 3 nitrogen and oxygen atoms in total. The van der Waals surface area contributed by atoms with Crippen LogP contribution < -0.4 is 4.90 Å². The summed E-state index contributed by atoms with van der Waals surface area (Å²) in [5, 5.41) is -3.78. The Kier molecular flexibility index (Phi) is 2.53. The van der Waals surface area contributed by atoms with E-state index < -0.39 is 269 Å². The van der Waals surface area contributed by atoms with Gasteiger partial charge in [0.1, 0.15) is 16.7 Å². The summed E-state index contributed by atoms with van der Waals surface area (Å²) in [7, 11) is 0. The molecule has 2 heterocycles. The van der Waals surface area contributed by atoms with Gasteiger partial charge >= 0.3 is 0 Å². The standard InChI is InChI=1S/C46H29NO2/c1-3-12-30(13-4-1)32-22-25-35(26-23-32)47(36-27-24-31-14-7-8-17-34(31)28-36)40-20-11-19-37-39-29-42-44(38-18-9-10-21-41(38)48-42)43(46(39)49-45(37)40)33-15-5-2-6-16-33/h1-29H/i1D,2D,3D,4D,5D,6D,7D,8D,9D,10D,11D,12D,13D,14D,15D,16D,17D,18D,19D,20D,21D,22D,23D,24D,25D,26D,27D,28D,29D. The number of anilines is 3. The molecular weight excluding hydrogens is 599 g/mol. The lowest BCUT2D eigenvalue weighted by Gasteiger charge is -2.26. The first-order valence-corrected chi connectivity index (χ1v) is 14.2. The minimum Gasteiger partial charge on any atom is -0.456 e. The SMILES string of the molecule is [2H]c1c([2H])c([2H])c(-c2c([2H])c([2H])c(N(c3c([2H])c([2H])c4c([2H])c([2H])c([2H])c([2H])c4c3[2H])c3c([2H])c([2H])c([2H])c4c3oc3c(-c5c([2H])c([2H])c([2H])c([2H])c5[2H])c5c(oc6c([2H])c([2H])c([2H])c([2H])c65)c([2H])c34)c([2H])c2[2H])c([2H])c1[2H]. The predicted octanol–water partition coefficient (Wildman–Crippen LogP) is 13.4. The van der Waals surface area contributed by atoms with Crippen molar-refractivity contribution < 1.29 is 48.6 Å². The molecule has 0 fully saturated rings. The summed E-state index contributed by atoms with van der Waals surface area (Å²) >= 11 is 0. The fourth-order valence-electron chi connectivity index (χ4n) is 5.50. The molecule has 0 bridgehead atoms. The Morgan fingerprint density at radius 1 is 0.408 bits per heavy atom. The van der Waals surface area contributed by atoms with E-state index in [0.717, 1.165) is 0 Å². The largest absolute Gasteiger partial charge is 0.456 e. The lowest BCUT2D eigenvalue weighted by Crippen LogP contribution is -2.10. The molecule has 0 aliphatic rings. The van der Waals surface area contributed by atoms with E-state index in [1.54, 1.807) is 0 Å². The Morgan fingerprint density at radius 2 is 1.06 bits per heavy atom. The molecule has 0 aliphatic heterocycles. The van der Waals surface area contributed by atoms with E-state index in [2.05, 4.69) is 0 Å². The first-order chi connectivity index (χ1) is 36.4. The highest BCUT2D eigenvalue weighted by atomic mass is 16.3. The van der Waals surface area contributed by atoms with Gasteiger partial charge in [-0.1, -0.05) is 133 Å². The number of hydrogen-bond donors (Lipinski definition) is 0. The van der Waals surface area contributed by atoms with Crippen molar-refractivity contribution in [1.82, 2.24) is 0 Å². The Morgan fingerprint density at radius 3 is 1.88 bits per heavy atom. The first kappa shape index (κ1) is 11.3. The van der Waals surface area contributed by atoms with Gasteiger partial charge in [0.15, 0.2) is 5.58 Å². The van der Waals surface area contributed by atoms with E-state index in [1.807, 2.05) is 0 Å². The third kappa shape index (κ3) is 4.44. The summed E-state index contributed by atoms with van der Waals surface area (Å²) in [6.45, 7) is 0. The van der Waals surface area contributed by atoms with Gasteiger partial charge < -0.3 is 13.7 Å². The number of rotatable bonds is 5. The van der Waals surface area contributed by atoms with Crippen molar-refractivity contribution in [2.75, 3.05) is 4.90 Å². The van der Waals surface area contributed by atoms with Crippen LogP contribution in [-0.4, -0.2) is 0 Å². The zero-order valence-electron chi connectivity index (χ0n) is 53.3. The Bertz CT molecular complexity index is 4420.